The summed E-state index contributed by atoms with van der Waals surface area (Å²) in [5.74, 6) is 0.896. The molecule has 1 unspecified atom stereocenters. The summed E-state index contributed by atoms with van der Waals surface area (Å²) in [4.78, 5) is 42.4. The number of fused-ring (bicyclic) bond motifs is 3. The number of aromatic nitrogens is 2. The minimum absolute atomic E-state index is 0.00786. The van der Waals surface area contributed by atoms with Crippen LogP contribution in [0.5, 0.6) is 0 Å². The Labute approximate surface area is 212 Å². The molecule has 36 heavy (non-hydrogen) atoms. The maximum Gasteiger partial charge on any atom is 0.270 e. The second-order valence-electron chi connectivity index (χ2n) is 11.0. The number of nitrogens with one attached hydrogen (secondary N) is 1. The molecule has 2 amide bonds. The summed E-state index contributed by atoms with van der Waals surface area (Å²) in [6.45, 7) is 4.66. The van der Waals surface area contributed by atoms with Crippen LogP contribution in [0.3, 0.4) is 0 Å². The summed E-state index contributed by atoms with van der Waals surface area (Å²) in [7, 11) is 0. The Hall–Kier alpha value is -3.35. The van der Waals surface area contributed by atoms with Crippen LogP contribution in [0.1, 0.15) is 74.8 Å². The number of amides is 2. The zero-order valence-corrected chi connectivity index (χ0v) is 21.1. The Bertz CT molecular complexity index is 1290. The molecular formula is C29H33N5O2. The van der Waals surface area contributed by atoms with E-state index in [4.69, 9.17) is 9.98 Å². The molecule has 0 bridgehead atoms. The van der Waals surface area contributed by atoms with E-state index in [2.05, 4.69) is 36.3 Å². The molecule has 1 saturated carbocycles. The van der Waals surface area contributed by atoms with Crippen molar-refractivity contribution in [3.8, 4) is 0 Å². The molecule has 6 rings (SSSR count). The van der Waals surface area contributed by atoms with Gasteiger partial charge in [-0.15, -0.1) is 0 Å². The maximum absolute atomic E-state index is 13.3. The fourth-order valence-electron chi connectivity index (χ4n) is 6.48. The Balaban J connectivity index is 1.21. The highest BCUT2D eigenvalue weighted by atomic mass is 16.2. The standard InChI is InChI=1S/C29H33N5O2/c1-19(2)24-26(35)34(29(33-24)11-5-3-4-6-12-29)14-8-9-20-15-21-16-28(17-23(21)31-18-20)22-10-7-13-30-25(22)32-27(28)36/h7-10,13,15,18-19H,3-6,11-12,14,16-17H2,1-2H3,(H,30,32,36). The van der Waals surface area contributed by atoms with Crippen LogP contribution < -0.4 is 5.32 Å². The fourth-order valence-corrected chi connectivity index (χ4v) is 6.48. The lowest BCUT2D eigenvalue weighted by Gasteiger charge is -2.35. The molecule has 0 saturated heterocycles. The number of anilines is 1. The molecule has 186 valence electrons. The van der Waals surface area contributed by atoms with Gasteiger partial charge >= 0.3 is 0 Å². The number of rotatable bonds is 4. The van der Waals surface area contributed by atoms with Gasteiger partial charge in [0.15, 0.2) is 0 Å². The van der Waals surface area contributed by atoms with E-state index in [1.54, 1.807) is 6.20 Å². The monoisotopic (exact) mass is 483 g/mol. The highest BCUT2D eigenvalue weighted by Crippen LogP contribution is 2.46. The highest BCUT2D eigenvalue weighted by molar-refractivity contribution is 6.41. The maximum atomic E-state index is 13.3. The summed E-state index contributed by atoms with van der Waals surface area (Å²) in [6.07, 6.45) is 15.5. The molecule has 0 radical (unpaired) electrons. The molecule has 1 fully saturated rings. The number of hydrogen-bond donors (Lipinski definition) is 1. The van der Waals surface area contributed by atoms with Crippen LogP contribution >= 0.6 is 0 Å². The van der Waals surface area contributed by atoms with Crippen LogP contribution in [0.15, 0.2) is 41.7 Å². The summed E-state index contributed by atoms with van der Waals surface area (Å²) in [5.41, 5.74) is 3.76. The van der Waals surface area contributed by atoms with Crippen LogP contribution in [0.25, 0.3) is 6.08 Å². The molecule has 7 heteroatoms. The fraction of sp³-hybridized carbons (Fsp3) is 0.483. The number of pyridine rings is 2. The van der Waals surface area contributed by atoms with Gasteiger partial charge in [-0.2, -0.15) is 0 Å². The number of carbonyl (C=O) groups excluding carboxylic acids is 2. The first kappa shape index (κ1) is 23.1. The van der Waals surface area contributed by atoms with E-state index < -0.39 is 5.41 Å². The van der Waals surface area contributed by atoms with Gasteiger partial charge in [0.2, 0.25) is 5.91 Å². The van der Waals surface area contributed by atoms with Gasteiger partial charge in [0.1, 0.15) is 17.2 Å². The Morgan fingerprint density at radius 2 is 1.92 bits per heavy atom. The first-order valence-electron chi connectivity index (χ1n) is 13.2. The zero-order chi connectivity index (χ0) is 24.9. The van der Waals surface area contributed by atoms with E-state index in [1.165, 1.54) is 12.8 Å². The molecule has 4 heterocycles. The summed E-state index contributed by atoms with van der Waals surface area (Å²) in [5, 5.41) is 2.95. The molecule has 2 aliphatic heterocycles. The molecule has 4 aliphatic rings. The van der Waals surface area contributed by atoms with Crippen molar-refractivity contribution < 1.29 is 9.59 Å². The van der Waals surface area contributed by atoms with E-state index in [1.807, 2.05) is 29.3 Å². The summed E-state index contributed by atoms with van der Waals surface area (Å²) < 4.78 is 0. The third-order valence-electron chi connectivity index (χ3n) is 8.38. The average Bonchev–Trinajstić information content (AvgIpc) is 3.38. The lowest BCUT2D eigenvalue weighted by Crippen LogP contribution is -2.46. The molecule has 0 aromatic carbocycles. The predicted octanol–water partition coefficient (Wildman–Crippen LogP) is 4.47. The van der Waals surface area contributed by atoms with E-state index in [-0.39, 0.29) is 23.4 Å². The van der Waals surface area contributed by atoms with Gasteiger partial charge in [-0.1, -0.05) is 44.9 Å². The molecule has 2 aromatic heterocycles. The minimum atomic E-state index is -0.611. The van der Waals surface area contributed by atoms with Crippen molar-refractivity contribution >= 4 is 29.4 Å². The number of nitrogens with zero attached hydrogens (tertiary/aromatic N) is 4. The zero-order valence-electron chi connectivity index (χ0n) is 21.1. The molecule has 1 atom stereocenters. The van der Waals surface area contributed by atoms with Crippen LogP contribution in [0.2, 0.25) is 0 Å². The van der Waals surface area contributed by atoms with E-state index in [9.17, 15) is 9.59 Å². The van der Waals surface area contributed by atoms with Crippen molar-refractivity contribution in [1.29, 1.82) is 0 Å². The van der Waals surface area contributed by atoms with Crippen LogP contribution in [-0.4, -0.2) is 44.6 Å². The van der Waals surface area contributed by atoms with Crippen LogP contribution in [-0.2, 0) is 27.8 Å². The van der Waals surface area contributed by atoms with Gasteiger partial charge in [-0.05, 0) is 55.4 Å². The Kier molecular flexibility index (Phi) is 5.54. The molecule has 7 nitrogen and oxygen atoms in total. The molecule has 2 aromatic rings. The van der Waals surface area contributed by atoms with Crippen molar-refractivity contribution in [3.63, 3.8) is 0 Å². The SMILES string of the molecule is CC(C)C1=NC2(CCCCCC2)N(CC=Cc2cnc3c(c2)CC2(C3)C(=O)Nc3ncccc32)C1=O. The second-order valence-corrected chi connectivity index (χ2v) is 11.0. The first-order chi connectivity index (χ1) is 17.4. The van der Waals surface area contributed by atoms with Crippen LogP contribution in [0, 0.1) is 5.92 Å². The normalized spacial score (nSPS) is 24.5. The molecule has 1 N–H and O–H groups in total. The third-order valence-corrected chi connectivity index (χ3v) is 8.38. The number of hydrogen-bond acceptors (Lipinski definition) is 5. The van der Waals surface area contributed by atoms with Gasteiger partial charge in [0, 0.05) is 42.5 Å². The van der Waals surface area contributed by atoms with E-state index in [0.29, 0.717) is 25.2 Å². The smallest absolute Gasteiger partial charge is 0.270 e. The molecular weight excluding hydrogens is 450 g/mol. The van der Waals surface area contributed by atoms with Crippen molar-refractivity contribution in [2.75, 3.05) is 11.9 Å². The van der Waals surface area contributed by atoms with Gasteiger partial charge in [-0.25, -0.2) is 4.98 Å². The number of carbonyl (C=O) groups is 2. The Morgan fingerprint density at radius 1 is 1.11 bits per heavy atom. The number of aliphatic imine (C=N–C) groups is 1. The summed E-state index contributed by atoms with van der Waals surface area (Å²) in [6, 6.07) is 6.02. The quantitative estimate of drug-likeness (QED) is 0.695. The van der Waals surface area contributed by atoms with Gasteiger partial charge in [0.05, 0.1) is 5.41 Å². The molecule has 2 spiro atoms. The Morgan fingerprint density at radius 3 is 2.69 bits per heavy atom. The topological polar surface area (TPSA) is 87.6 Å². The minimum Gasteiger partial charge on any atom is -0.310 e. The van der Waals surface area contributed by atoms with Gasteiger partial charge in [0.25, 0.3) is 5.91 Å². The van der Waals surface area contributed by atoms with Crippen molar-refractivity contribution in [2.45, 2.75) is 76.3 Å². The van der Waals surface area contributed by atoms with Crippen molar-refractivity contribution in [1.82, 2.24) is 14.9 Å². The second kappa shape index (κ2) is 8.64. The summed E-state index contributed by atoms with van der Waals surface area (Å²) >= 11 is 0. The average molecular weight is 484 g/mol. The van der Waals surface area contributed by atoms with Gasteiger partial charge < -0.3 is 10.2 Å². The first-order valence-corrected chi connectivity index (χ1v) is 13.2. The largest absolute Gasteiger partial charge is 0.310 e. The van der Waals surface area contributed by atoms with Crippen LogP contribution in [0.4, 0.5) is 5.82 Å². The third kappa shape index (κ3) is 3.59. The van der Waals surface area contributed by atoms with E-state index in [0.717, 1.165) is 53.8 Å². The predicted molar refractivity (Wildman–Crippen MR) is 140 cm³/mol. The lowest BCUT2D eigenvalue weighted by molar-refractivity contribution is -0.127. The van der Waals surface area contributed by atoms with E-state index >= 15 is 0 Å². The van der Waals surface area contributed by atoms with Crippen molar-refractivity contribution in [2.24, 2.45) is 10.9 Å². The lowest BCUT2D eigenvalue weighted by atomic mass is 9.80. The van der Waals surface area contributed by atoms with Gasteiger partial charge in [-0.3, -0.25) is 19.6 Å². The highest BCUT2D eigenvalue weighted by Gasteiger charge is 2.51. The van der Waals surface area contributed by atoms with Crippen molar-refractivity contribution in [3.05, 3.63) is 59.1 Å². The molecule has 2 aliphatic carbocycles.